The summed E-state index contributed by atoms with van der Waals surface area (Å²) >= 11 is 3.34. The fourth-order valence-corrected chi connectivity index (χ4v) is 2.78. The molecule has 1 saturated carbocycles. The Balaban J connectivity index is 2.17. The molecule has 4 nitrogen and oxygen atoms in total. The number of nitrogens with zero attached hydrogens (tertiary/aromatic N) is 2. The number of hydrogen-bond acceptors (Lipinski definition) is 3. The first kappa shape index (κ1) is 14.0. The Morgan fingerprint density at radius 1 is 1.37 bits per heavy atom. The molecular weight excluding hydrogens is 306 g/mol. The van der Waals surface area contributed by atoms with E-state index in [-0.39, 0.29) is 5.91 Å². The van der Waals surface area contributed by atoms with Gasteiger partial charge in [-0.25, -0.2) is 4.98 Å². The predicted octanol–water partition coefficient (Wildman–Crippen LogP) is 3.65. The van der Waals surface area contributed by atoms with Crippen LogP contribution in [-0.4, -0.2) is 10.9 Å². The third kappa shape index (κ3) is 3.13. The maximum absolute atomic E-state index is 12.4. The van der Waals surface area contributed by atoms with Crippen molar-refractivity contribution in [2.24, 2.45) is 5.41 Å². The first-order valence-electron chi connectivity index (χ1n) is 6.51. The van der Waals surface area contributed by atoms with Gasteiger partial charge in [-0.1, -0.05) is 25.7 Å². The van der Waals surface area contributed by atoms with Crippen molar-refractivity contribution >= 4 is 27.7 Å². The van der Waals surface area contributed by atoms with E-state index < -0.39 is 5.41 Å². The average Bonchev–Trinajstić information content (AvgIpc) is 2.67. The molecule has 1 heterocycles. The van der Waals surface area contributed by atoms with E-state index in [4.69, 9.17) is 0 Å². The van der Waals surface area contributed by atoms with Gasteiger partial charge in [0.1, 0.15) is 11.2 Å². The van der Waals surface area contributed by atoms with Crippen LogP contribution in [-0.2, 0) is 4.79 Å². The zero-order valence-electron chi connectivity index (χ0n) is 10.7. The molecule has 19 heavy (non-hydrogen) atoms. The molecule has 0 atom stereocenters. The van der Waals surface area contributed by atoms with Crippen molar-refractivity contribution in [3.63, 3.8) is 0 Å². The second kappa shape index (κ2) is 6.16. The van der Waals surface area contributed by atoms with Gasteiger partial charge in [0.15, 0.2) is 0 Å². The highest BCUT2D eigenvalue weighted by Crippen LogP contribution is 2.36. The highest BCUT2D eigenvalue weighted by molar-refractivity contribution is 9.10. The van der Waals surface area contributed by atoms with Crippen LogP contribution in [0.4, 0.5) is 5.82 Å². The van der Waals surface area contributed by atoms with Crippen LogP contribution < -0.4 is 5.32 Å². The van der Waals surface area contributed by atoms with E-state index >= 15 is 0 Å². The number of rotatable bonds is 2. The van der Waals surface area contributed by atoms with Crippen LogP contribution >= 0.6 is 15.9 Å². The standard InChI is InChI=1S/C14H16BrN3O/c15-11-6-5-9-17-12(11)18-13(19)14(10-16)7-3-1-2-4-8-14/h5-6,9H,1-4,7-8H2,(H,17,18,19). The van der Waals surface area contributed by atoms with Gasteiger partial charge in [0.2, 0.25) is 5.91 Å². The maximum atomic E-state index is 12.4. The van der Waals surface area contributed by atoms with E-state index in [1.165, 1.54) is 0 Å². The smallest absolute Gasteiger partial charge is 0.246 e. The van der Waals surface area contributed by atoms with E-state index in [0.29, 0.717) is 18.7 Å². The van der Waals surface area contributed by atoms with Gasteiger partial charge < -0.3 is 5.32 Å². The monoisotopic (exact) mass is 321 g/mol. The van der Waals surface area contributed by atoms with Crippen molar-refractivity contribution in [2.45, 2.75) is 38.5 Å². The van der Waals surface area contributed by atoms with Crippen LogP contribution in [0.25, 0.3) is 0 Å². The van der Waals surface area contributed by atoms with Gasteiger partial charge >= 0.3 is 0 Å². The number of pyridine rings is 1. The van der Waals surface area contributed by atoms with Crippen LogP contribution in [0.2, 0.25) is 0 Å². The summed E-state index contributed by atoms with van der Waals surface area (Å²) in [4.78, 5) is 16.5. The normalized spacial score (nSPS) is 18.1. The van der Waals surface area contributed by atoms with E-state index in [1.54, 1.807) is 12.3 Å². The molecule has 0 aromatic carbocycles. The predicted molar refractivity (Wildman–Crippen MR) is 76.3 cm³/mol. The summed E-state index contributed by atoms with van der Waals surface area (Å²) in [7, 11) is 0. The zero-order valence-corrected chi connectivity index (χ0v) is 12.2. The van der Waals surface area contributed by atoms with Crippen LogP contribution in [0, 0.1) is 16.7 Å². The molecule has 0 saturated heterocycles. The molecular formula is C14H16BrN3O. The Bertz CT molecular complexity index is 502. The molecule has 1 aliphatic rings. The third-order valence-corrected chi connectivity index (χ3v) is 4.24. The van der Waals surface area contributed by atoms with Crippen LogP contribution in [0.1, 0.15) is 38.5 Å². The second-order valence-corrected chi connectivity index (χ2v) is 5.75. The summed E-state index contributed by atoms with van der Waals surface area (Å²) in [5, 5.41) is 12.2. The minimum Gasteiger partial charge on any atom is -0.308 e. The third-order valence-electron chi connectivity index (χ3n) is 3.60. The molecule has 1 amide bonds. The minimum atomic E-state index is -0.895. The molecule has 0 spiro atoms. The largest absolute Gasteiger partial charge is 0.308 e. The van der Waals surface area contributed by atoms with Crippen LogP contribution in [0.5, 0.6) is 0 Å². The fourth-order valence-electron chi connectivity index (χ4n) is 2.43. The van der Waals surface area contributed by atoms with Crippen LogP contribution in [0.3, 0.4) is 0 Å². The molecule has 1 fully saturated rings. The quantitative estimate of drug-likeness (QED) is 0.845. The van der Waals surface area contributed by atoms with Crippen molar-refractivity contribution in [3.8, 4) is 6.07 Å². The Morgan fingerprint density at radius 2 is 2.05 bits per heavy atom. The van der Waals surface area contributed by atoms with Gasteiger partial charge in [0, 0.05) is 6.20 Å². The molecule has 1 N–H and O–H groups in total. The second-order valence-electron chi connectivity index (χ2n) is 4.90. The van der Waals surface area contributed by atoms with E-state index in [9.17, 15) is 10.1 Å². The molecule has 0 aliphatic heterocycles. The highest BCUT2D eigenvalue weighted by Gasteiger charge is 2.39. The number of nitrogens with one attached hydrogen (secondary N) is 1. The Hall–Kier alpha value is -1.41. The Kier molecular flexibility index (Phi) is 4.54. The number of carbonyl (C=O) groups is 1. The van der Waals surface area contributed by atoms with Gasteiger partial charge in [-0.2, -0.15) is 5.26 Å². The number of halogens is 1. The number of aromatic nitrogens is 1. The van der Waals surface area contributed by atoms with E-state index in [0.717, 1.165) is 30.2 Å². The van der Waals surface area contributed by atoms with Gasteiger partial charge in [-0.15, -0.1) is 0 Å². The number of hydrogen-bond donors (Lipinski definition) is 1. The minimum absolute atomic E-state index is 0.226. The first-order valence-corrected chi connectivity index (χ1v) is 7.30. The zero-order chi connectivity index (χ0) is 13.7. The summed E-state index contributed by atoms with van der Waals surface area (Å²) in [5.41, 5.74) is -0.895. The van der Waals surface area contributed by atoms with Crippen molar-refractivity contribution in [3.05, 3.63) is 22.8 Å². The molecule has 100 valence electrons. The molecule has 1 aliphatic carbocycles. The Morgan fingerprint density at radius 3 is 2.63 bits per heavy atom. The van der Waals surface area contributed by atoms with Gasteiger partial charge in [0.05, 0.1) is 10.5 Å². The molecule has 0 unspecified atom stereocenters. The molecule has 0 radical (unpaired) electrons. The van der Waals surface area contributed by atoms with Crippen molar-refractivity contribution in [2.75, 3.05) is 5.32 Å². The molecule has 0 bridgehead atoms. The van der Waals surface area contributed by atoms with Gasteiger partial charge in [0.25, 0.3) is 0 Å². The highest BCUT2D eigenvalue weighted by atomic mass is 79.9. The summed E-state index contributed by atoms with van der Waals surface area (Å²) in [6, 6.07) is 5.84. The molecule has 2 rings (SSSR count). The number of carbonyl (C=O) groups excluding carboxylic acids is 1. The lowest BCUT2D eigenvalue weighted by atomic mass is 9.81. The Labute approximate surface area is 121 Å². The van der Waals surface area contributed by atoms with Crippen molar-refractivity contribution in [1.29, 1.82) is 5.26 Å². The molecule has 5 heteroatoms. The summed E-state index contributed by atoms with van der Waals surface area (Å²) in [6.45, 7) is 0. The fraction of sp³-hybridized carbons (Fsp3) is 0.500. The van der Waals surface area contributed by atoms with E-state index in [1.807, 2.05) is 6.07 Å². The number of anilines is 1. The lowest BCUT2D eigenvalue weighted by Gasteiger charge is -2.23. The van der Waals surface area contributed by atoms with Crippen LogP contribution in [0.15, 0.2) is 22.8 Å². The number of nitriles is 1. The maximum Gasteiger partial charge on any atom is 0.246 e. The average molecular weight is 322 g/mol. The lowest BCUT2D eigenvalue weighted by Crippen LogP contribution is -2.35. The topological polar surface area (TPSA) is 65.8 Å². The number of amides is 1. The molecule has 1 aromatic rings. The van der Waals surface area contributed by atoms with Gasteiger partial charge in [-0.05, 0) is 40.9 Å². The van der Waals surface area contributed by atoms with Gasteiger partial charge in [-0.3, -0.25) is 4.79 Å². The SMILES string of the molecule is N#CC1(C(=O)Nc2ncccc2Br)CCCCCC1. The molecule has 1 aromatic heterocycles. The summed E-state index contributed by atoms with van der Waals surface area (Å²) < 4.78 is 0.727. The lowest BCUT2D eigenvalue weighted by molar-refractivity contribution is -0.123. The van der Waals surface area contributed by atoms with Crippen molar-refractivity contribution < 1.29 is 4.79 Å². The first-order chi connectivity index (χ1) is 9.18. The van der Waals surface area contributed by atoms with E-state index in [2.05, 4.69) is 32.3 Å². The summed E-state index contributed by atoms with van der Waals surface area (Å²) in [5.74, 6) is 0.252. The summed E-state index contributed by atoms with van der Waals surface area (Å²) in [6.07, 6.45) is 6.97. The van der Waals surface area contributed by atoms with Crippen molar-refractivity contribution in [1.82, 2.24) is 4.98 Å².